The zero-order chi connectivity index (χ0) is 19.6. The highest BCUT2D eigenvalue weighted by atomic mass is 16.3. The van der Waals surface area contributed by atoms with Crippen molar-refractivity contribution in [3.05, 3.63) is 65.7 Å². The number of aromatic hydroxyl groups is 1. The molecule has 0 bridgehead atoms. The SMILES string of the molecule is CC(C)c1cccc(C(C)C)c1NC(=O)Nc1cccc2ccc(O)cc12. The van der Waals surface area contributed by atoms with Crippen molar-refractivity contribution in [2.24, 2.45) is 0 Å². The number of para-hydroxylation sites is 1. The lowest BCUT2D eigenvalue weighted by Gasteiger charge is -2.20. The molecule has 0 aliphatic rings. The number of hydrogen-bond acceptors (Lipinski definition) is 2. The van der Waals surface area contributed by atoms with Gasteiger partial charge in [-0.1, -0.05) is 64.1 Å². The number of amides is 2. The Bertz CT molecular complexity index is 951. The van der Waals surface area contributed by atoms with E-state index in [0.29, 0.717) is 17.5 Å². The average molecular weight is 362 g/mol. The second-order valence-electron chi connectivity index (χ2n) is 7.41. The number of phenols is 1. The molecule has 0 heterocycles. The van der Waals surface area contributed by atoms with Crippen LogP contribution < -0.4 is 10.6 Å². The highest BCUT2D eigenvalue weighted by Crippen LogP contribution is 2.33. The summed E-state index contributed by atoms with van der Waals surface area (Å²) in [5, 5.41) is 17.5. The summed E-state index contributed by atoms with van der Waals surface area (Å²) in [5.74, 6) is 0.770. The van der Waals surface area contributed by atoms with Gasteiger partial charge in [-0.25, -0.2) is 4.79 Å². The van der Waals surface area contributed by atoms with Crippen LogP contribution in [0.15, 0.2) is 54.6 Å². The van der Waals surface area contributed by atoms with Gasteiger partial charge in [0.2, 0.25) is 0 Å². The standard InChI is InChI=1S/C23H26N2O2/c1-14(2)18-8-6-9-19(15(3)4)22(18)25-23(27)24-21-10-5-7-16-11-12-17(26)13-20(16)21/h5-15,26H,1-4H3,(H2,24,25,27). The van der Waals surface area contributed by atoms with Crippen molar-refractivity contribution < 1.29 is 9.90 Å². The molecule has 140 valence electrons. The number of carbonyl (C=O) groups excluding carboxylic acids is 1. The summed E-state index contributed by atoms with van der Waals surface area (Å²) in [6.45, 7) is 8.48. The van der Waals surface area contributed by atoms with Gasteiger partial charge in [0.15, 0.2) is 0 Å². The van der Waals surface area contributed by atoms with Crippen LogP contribution in [0, 0.1) is 0 Å². The molecule has 0 spiro atoms. The van der Waals surface area contributed by atoms with Gasteiger partial charge in [-0.3, -0.25) is 0 Å². The normalized spacial score (nSPS) is 11.2. The van der Waals surface area contributed by atoms with Crippen LogP contribution in [0.25, 0.3) is 10.8 Å². The molecule has 3 aromatic carbocycles. The second kappa shape index (κ2) is 7.70. The Hall–Kier alpha value is -3.01. The van der Waals surface area contributed by atoms with Crippen molar-refractivity contribution in [1.82, 2.24) is 0 Å². The summed E-state index contributed by atoms with van der Waals surface area (Å²) in [5.41, 5.74) is 3.77. The number of anilines is 2. The number of fused-ring (bicyclic) bond motifs is 1. The Morgan fingerprint density at radius 3 is 2.11 bits per heavy atom. The molecule has 0 aromatic heterocycles. The third kappa shape index (κ3) is 4.05. The minimum absolute atomic E-state index is 0.171. The Balaban J connectivity index is 1.92. The molecule has 0 saturated carbocycles. The topological polar surface area (TPSA) is 61.4 Å². The van der Waals surface area contributed by atoms with E-state index in [2.05, 4.69) is 50.5 Å². The van der Waals surface area contributed by atoms with Crippen molar-refractivity contribution >= 4 is 28.2 Å². The molecule has 0 saturated heterocycles. The fourth-order valence-electron chi connectivity index (χ4n) is 3.33. The first-order valence-corrected chi connectivity index (χ1v) is 9.29. The Kier molecular flexibility index (Phi) is 5.36. The third-order valence-electron chi connectivity index (χ3n) is 4.73. The second-order valence-corrected chi connectivity index (χ2v) is 7.41. The smallest absolute Gasteiger partial charge is 0.323 e. The number of phenolic OH excluding ortho intramolecular Hbond substituents is 1. The van der Waals surface area contributed by atoms with E-state index in [9.17, 15) is 9.90 Å². The molecule has 0 radical (unpaired) electrons. The van der Waals surface area contributed by atoms with Crippen LogP contribution >= 0.6 is 0 Å². The first kappa shape index (κ1) is 18.8. The van der Waals surface area contributed by atoms with Crippen LogP contribution in [0.1, 0.15) is 50.7 Å². The summed E-state index contributed by atoms with van der Waals surface area (Å²) >= 11 is 0. The molecule has 0 unspecified atom stereocenters. The lowest BCUT2D eigenvalue weighted by molar-refractivity contribution is 0.262. The summed E-state index contributed by atoms with van der Waals surface area (Å²) in [4.78, 5) is 12.8. The predicted octanol–water partition coefficient (Wildman–Crippen LogP) is 6.44. The molecule has 0 fully saturated rings. The molecule has 0 atom stereocenters. The molecule has 3 aromatic rings. The zero-order valence-corrected chi connectivity index (χ0v) is 16.2. The van der Waals surface area contributed by atoms with Crippen LogP contribution in [-0.4, -0.2) is 11.1 Å². The van der Waals surface area contributed by atoms with Gasteiger partial charge in [0.1, 0.15) is 5.75 Å². The van der Waals surface area contributed by atoms with Gasteiger partial charge in [0.25, 0.3) is 0 Å². The van der Waals surface area contributed by atoms with Gasteiger partial charge in [-0.2, -0.15) is 0 Å². The predicted molar refractivity (Wildman–Crippen MR) is 113 cm³/mol. The number of nitrogens with one attached hydrogen (secondary N) is 2. The van der Waals surface area contributed by atoms with E-state index in [4.69, 9.17) is 0 Å². The van der Waals surface area contributed by atoms with Crippen molar-refractivity contribution in [3.8, 4) is 5.75 Å². The fraction of sp³-hybridized carbons (Fsp3) is 0.261. The van der Waals surface area contributed by atoms with Crippen LogP contribution in [0.5, 0.6) is 5.75 Å². The van der Waals surface area contributed by atoms with E-state index in [0.717, 1.165) is 27.6 Å². The summed E-state index contributed by atoms with van der Waals surface area (Å²) in [6.07, 6.45) is 0. The first-order valence-electron chi connectivity index (χ1n) is 9.29. The van der Waals surface area contributed by atoms with Gasteiger partial charge in [-0.15, -0.1) is 0 Å². The lowest BCUT2D eigenvalue weighted by atomic mass is 9.93. The quantitative estimate of drug-likeness (QED) is 0.500. The summed E-state index contributed by atoms with van der Waals surface area (Å²) < 4.78 is 0. The Morgan fingerprint density at radius 1 is 0.852 bits per heavy atom. The summed E-state index contributed by atoms with van der Waals surface area (Å²) in [6, 6.07) is 16.7. The highest BCUT2D eigenvalue weighted by Gasteiger charge is 2.16. The van der Waals surface area contributed by atoms with Gasteiger partial charge < -0.3 is 15.7 Å². The molecule has 0 aliphatic heterocycles. The zero-order valence-electron chi connectivity index (χ0n) is 16.2. The molecule has 4 heteroatoms. The molecular weight excluding hydrogens is 336 g/mol. The monoisotopic (exact) mass is 362 g/mol. The van der Waals surface area contributed by atoms with E-state index in [1.807, 2.05) is 30.3 Å². The van der Waals surface area contributed by atoms with E-state index in [1.54, 1.807) is 12.1 Å². The van der Waals surface area contributed by atoms with Crippen LogP contribution in [-0.2, 0) is 0 Å². The Morgan fingerprint density at radius 2 is 1.48 bits per heavy atom. The minimum atomic E-state index is -0.291. The van der Waals surface area contributed by atoms with E-state index >= 15 is 0 Å². The molecule has 4 nitrogen and oxygen atoms in total. The van der Waals surface area contributed by atoms with Gasteiger partial charge in [0, 0.05) is 11.1 Å². The largest absolute Gasteiger partial charge is 0.508 e. The van der Waals surface area contributed by atoms with E-state index < -0.39 is 0 Å². The minimum Gasteiger partial charge on any atom is -0.508 e. The molecule has 3 rings (SSSR count). The number of carbonyl (C=O) groups is 1. The number of benzene rings is 3. The van der Waals surface area contributed by atoms with E-state index in [1.165, 1.54) is 0 Å². The number of urea groups is 1. The highest BCUT2D eigenvalue weighted by molar-refractivity contribution is 6.07. The van der Waals surface area contributed by atoms with Gasteiger partial charge in [-0.05, 0) is 46.5 Å². The maximum atomic E-state index is 12.8. The van der Waals surface area contributed by atoms with Crippen LogP contribution in [0.4, 0.5) is 16.2 Å². The summed E-state index contributed by atoms with van der Waals surface area (Å²) in [7, 11) is 0. The molecule has 0 aliphatic carbocycles. The van der Waals surface area contributed by atoms with Crippen LogP contribution in [0.2, 0.25) is 0 Å². The van der Waals surface area contributed by atoms with Crippen molar-refractivity contribution in [1.29, 1.82) is 0 Å². The van der Waals surface area contributed by atoms with Crippen LogP contribution in [0.3, 0.4) is 0 Å². The van der Waals surface area contributed by atoms with Crippen molar-refractivity contribution in [3.63, 3.8) is 0 Å². The Labute approximate surface area is 160 Å². The fourth-order valence-corrected chi connectivity index (χ4v) is 3.33. The van der Waals surface area contributed by atoms with E-state index in [-0.39, 0.29) is 11.8 Å². The average Bonchev–Trinajstić information content (AvgIpc) is 2.62. The molecule has 2 amide bonds. The molecule has 3 N–H and O–H groups in total. The molecule has 27 heavy (non-hydrogen) atoms. The van der Waals surface area contributed by atoms with Crippen molar-refractivity contribution in [2.75, 3.05) is 10.6 Å². The number of hydrogen-bond donors (Lipinski definition) is 3. The van der Waals surface area contributed by atoms with Crippen molar-refractivity contribution in [2.45, 2.75) is 39.5 Å². The third-order valence-corrected chi connectivity index (χ3v) is 4.73. The number of rotatable bonds is 4. The maximum Gasteiger partial charge on any atom is 0.323 e. The lowest BCUT2D eigenvalue weighted by Crippen LogP contribution is -2.22. The molecular formula is C23H26N2O2. The first-order chi connectivity index (χ1) is 12.9. The van der Waals surface area contributed by atoms with Gasteiger partial charge >= 0.3 is 6.03 Å². The maximum absolute atomic E-state index is 12.8. The van der Waals surface area contributed by atoms with Gasteiger partial charge in [0.05, 0.1) is 5.69 Å².